The first-order valence-electron chi connectivity index (χ1n) is 6.45. The number of nitro groups is 1. The summed E-state index contributed by atoms with van der Waals surface area (Å²) in [5, 5.41) is 10.5. The summed E-state index contributed by atoms with van der Waals surface area (Å²) in [7, 11) is 0. The molecule has 1 aromatic rings. The number of hydrogen-bond acceptors (Lipinski definition) is 4. The van der Waals surface area contributed by atoms with E-state index in [4.69, 9.17) is 5.73 Å². The number of nitro benzene ring substituents is 1. The lowest BCUT2D eigenvalue weighted by Gasteiger charge is -2.31. The molecule has 1 aromatic carbocycles. The van der Waals surface area contributed by atoms with E-state index in [1.165, 1.54) is 12.1 Å². The van der Waals surface area contributed by atoms with Crippen molar-refractivity contribution in [3.05, 3.63) is 39.7 Å². The van der Waals surface area contributed by atoms with Gasteiger partial charge in [-0.3, -0.25) is 15.0 Å². The Morgan fingerprint density at radius 2 is 2.11 bits per heavy atom. The highest BCUT2D eigenvalue weighted by Gasteiger charge is 2.19. The molecule has 1 heterocycles. The lowest BCUT2D eigenvalue weighted by atomic mass is 9.97. The van der Waals surface area contributed by atoms with Gasteiger partial charge < -0.3 is 5.73 Å². The van der Waals surface area contributed by atoms with Crippen molar-refractivity contribution in [1.82, 2.24) is 4.90 Å². The minimum atomic E-state index is -0.764. The third-order valence-electron chi connectivity index (χ3n) is 3.66. The summed E-state index contributed by atoms with van der Waals surface area (Å²) < 4.78 is 13.5. The number of benzene rings is 1. The summed E-state index contributed by atoms with van der Waals surface area (Å²) in [5.41, 5.74) is 5.94. The Hall–Kier alpha value is -1.53. The van der Waals surface area contributed by atoms with Crippen molar-refractivity contribution in [2.75, 3.05) is 19.6 Å². The van der Waals surface area contributed by atoms with Crippen LogP contribution in [-0.4, -0.2) is 29.5 Å². The molecular weight excluding hydrogens is 249 g/mol. The first kappa shape index (κ1) is 13.9. The fourth-order valence-electron chi connectivity index (χ4n) is 2.44. The molecule has 104 valence electrons. The van der Waals surface area contributed by atoms with Crippen LogP contribution in [0.4, 0.5) is 10.1 Å². The van der Waals surface area contributed by atoms with Gasteiger partial charge >= 0.3 is 5.69 Å². The third kappa shape index (κ3) is 3.48. The summed E-state index contributed by atoms with van der Waals surface area (Å²) in [6.45, 7) is 3.24. The smallest absolute Gasteiger partial charge is 0.304 e. The minimum absolute atomic E-state index is 0.467. The predicted octanol–water partition coefficient (Wildman–Crippen LogP) is 1.90. The summed E-state index contributed by atoms with van der Waals surface area (Å²) in [4.78, 5) is 12.1. The second-order valence-corrected chi connectivity index (χ2v) is 5.00. The van der Waals surface area contributed by atoms with Crippen LogP contribution < -0.4 is 5.73 Å². The number of halogens is 1. The van der Waals surface area contributed by atoms with E-state index in [0.717, 1.165) is 38.0 Å². The molecule has 19 heavy (non-hydrogen) atoms. The van der Waals surface area contributed by atoms with Crippen LogP contribution in [0.2, 0.25) is 0 Å². The average Bonchev–Trinajstić information content (AvgIpc) is 2.39. The molecule has 1 aliphatic heterocycles. The molecule has 6 heteroatoms. The van der Waals surface area contributed by atoms with Crippen molar-refractivity contribution in [3.63, 3.8) is 0 Å². The molecule has 0 unspecified atom stereocenters. The van der Waals surface area contributed by atoms with Crippen molar-refractivity contribution in [3.8, 4) is 0 Å². The second-order valence-electron chi connectivity index (χ2n) is 5.00. The summed E-state index contributed by atoms with van der Waals surface area (Å²) >= 11 is 0. The van der Waals surface area contributed by atoms with Crippen molar-refractivity contribution in [1.29, 1.82) is 0 Å². The van der Waals surface area contributed by atoms with E-state index in [1.807, 2.05) is 0 Å². The Kier molecular flexibility index (Phi) is 4.44. The molecule has 0 atom stereocenters. The Morgan fingerprint density at radius 1 is 1.42 bits per heavy atom. The van der Waals surface area contributed by atoms with E-state index in [2.05, 4.69) is 4.90 Å². The third-order valence-corrected chi connectivity index (χ3v) is 3.66. The van der Waals surface area contributed by atoms with Crippen LogP contribution >= 0.6 is 0 Å². The quantitative estimate of drug-likeness (QED) is 0.668. The zero-order valence-electron chi connectivity index (χ0n) is 10.7. The Morgan fingerprint density at radius 3 is 2.63 bits per heavy atom. The number of piperidine rings is 1. The zero-order valence-corrected chi connectivity index (χ0v) is 10.7. The Bertz CT molecular complexity index is 459. The standard InChI is InChI=1S/C13H18FN3O2/c14-12-7-11(1-2-13(12)17(18)19)9-16-5-3-10(8-15)4-6-16/h1-2,7,10H,3-6,8-9,15H2. The monoisotopic (exact) mass is 267 g/mol. The zero-order chi connectivity index (χ0) is 13.8. The van der Waals surface area contributed by atoms with Crippen LogP contribution in [0.1, 0.15) is 18.4 Å². The van der Waals surface area contributed by atoms with E-state index in [-0.39, 0.29) is 0 Å². The van der Waals surface area contributed by atoms with Gasteiger partial charge in [-0.05, 0) is 50.0 Å². The maximum Gasteiger partial charge on any atom is 0.304 e. The number of likely N-dealkylation sites (tertiary alicyclic amines) is 1. The molecule has 2 rings (SSSR count). The predicted molar refractivity (Wildman–Crippen MR) is 70.1 cm³/mol. The minimum Gasteiger partial charge on any atom is -0.330 e. The SMILES string of the molecule is NCC1CCN(Cc2ccc([N+](=O)[O-])c(F)c2)CC1. The van der Waals surface area contributed by atoms with E-state index < -0.39 is 16.4 Å². The van der Waals surface area contributed by atoms with Crippen LogP contribution in [0.15, 0.2) is 18.2 Å². The number of rotatable bonds is 4. The molecule has 1 fully saturated rings. The molecule has 0 aliphatic carbocycles. The van der Waals surface area contributed by atoms with Gasteiger partial charge in [0, 0.05) is 12.6 Å². The molecule has 2 N–H and O–H groups in total. The molecule has 5 nitrogen and oxygen atoms in total. The molecule has 0 bridgehead atoms. The van der Waals surface area contributed by atoms with E-state index in [0.29, 0.717) is 12.5 Å². The number of nitrogens with two attached hydrogens (primary N) is 1. The van der Waals surface area contributed by atoms with Crippen molar-refractivity contribution in [2.45, 2.75) is 19.4 Å². The van der Waals surface area contributed by atoms with Crippen LogP contribution in [0, 0.1) is 21.8 Å². The fourth-order valence-corrected chi connectivity index (χ4v) is 2.44. The number of nitrogens with zero attached hydrogens (tertiary/aromatic N) is 2. The van der Waals surface area contributed by atoms with Gasteiger partial charge in [0.2, 0.25) is 5.82 Å². The van der Waals surface area contributed by atoms with Crippen LogP contribution in [0.3, 0.4) is 0 Å². The highest BCUT2D eigenvalue weighted by atomic mass is 19.1. The summed E-state index contributed by atoms with van der Waals surface area (Å²) in [6.07, 6.45) is 2.12. The first-order chi connectivity index (χ1) is 9.10. The van der Waals surface area contributed by atoms with Crippen LogP contribution in [0.5, 0.6) is 0 Å². The first-order valence-corrected chi connectivity index (χ1v) is 6.45. The van der Waals surface area contributed by atoms with Gasteiger partial charge in [-0.2, -0.15) is 4.39 Å². The van der Waals surface area contributed by atoms with Gasteiger partial charge in [0.05, 0.1) is 4.92 Å². The maximum absolute atomic E-state index is 13.5. The largest absolute Gasteiger partial charge is 0.330 e. The van der Waals surface area contributed by atoms with Gasteiger partial charge in [0.25, 0.3) is 0 Å². The molecular formula is C13H18FN3O2. The highest BCUT2D eigenvalue weighted by Crippen LogP contribution is 2.21. The van der Waals surface area contributed by atoms with E-state index in [9.17, 15) is 14.5 Å². The van der Waals surface area contributed by atoms with Crippen molar-refractivity contribution >= 4 is 5.69 Å². The van der Waals surface area contributed by atoms with Crippen LogP contribution in [0.25, 0.3) is 0 Å². The van der Waals surface area contributed by atoms with Gasteiger partial charge in [0.15, 0.2) is 0 Å². The van der Waals surface area contributed by atoms with Crippen molar-refractivity contribution < 1.29 is 9.31 Å². The lowest BCUT2D eigenvalue weighted by molar-refractivity contribution is -0.387. The van der Waals surface area contributed by atoms with Gasteiger partial charge in [0.1, 0.15) is 0 Å². The topological polar surface area (TPSA) is 72.4 Å². The normalized spacial score (nSPS) is 17.6. The highest BCUT2D eigenvalue weighted by molar-refractivity contribution is 5.34. The molecule has 0 saturated carbocycles. The Labute approximate surface area is 111 Å². The average molecular weight is 267 g/mol. The van der Waals surface area contributed by atoms with Crippen LogP contribution in [-0.2, 0) is 6.54 Å². The number of hydrogen-bond donors (Lipinski definition) is 1. The molecule has 1 saturated heterocycles. The van der Waals surface area contributed by atoms with Gasteiger partial charge in [-0.15, -0.1) is 0 Å². The van der Waals surface area contributed by atoms with Gasteiger partial charge in [-0.1, -0.05) is 6.07 Å². The summed E-state index contributed by atoms with van der Waals surface area (Å²) in [6, 6.07) is 4.11. The molecule has 0 radical (unpaired) electrons. The molecule has 0 spiro atoms. The molecule has 0 aromatic heterocycles. The van der Waals surface area contributed by atoms with E-state index >= 15 is 0 Å². The lowest BCUT2D eigenvalue weighted by Crippen LogP contribution is -2.35. The summed E-state index contributed by atoms with van der Waals surface area (Å²) in [5.74, 6) is -0.177. The fraction of sp³-hybridized carbons (Fsp3) is 0.538. The maximum atomic E-state index is 13.5. The molecule has 0 amide bonds. The molecule has 1 aliphatic rings. The Balaban J connectivity index is 1.97. The van der Waals surface area contributed by atoms with Gasteiger partial charge in [-0.25, -0.2) is 0 Å². The van der Waals surface area contributed by atoms with Crippen molar-refractivity contribution in [2.24, 2.45) is 11.7 Å². The second kappa shape index (κ2) is 6.08. The van der Waals surface area contributed by atoms with E-state index in [1.54, 1.807) is 6.07 Å².